The highest BCUT2D eigenvalue weighted by molar-refractivity contribution is 5.82. The average molecular weight is 412 g/mol. The van der Waals surface area contributed by atoms with Gasteiger partial charge in [-0.3, -0.25) is 9.69 Å². The molecule has 1 fully saturated rings. The van der Waals surface area contributed by atoms with Crippen molar-refractivity contribution in [1.29, 1.82) is 0 Å². The number of carbonyl (C=O) groups is 1. The highest BCUT2D eigenvalue weighted by Crippen LogP contribution is 2.25. The first-order chi connectivity index (χ1) is 14.5. The van der Waals surface area contributed by atoms with E-state index in [9.17, 15) is 25.2 Å². The maximum atomic E-state index is 12.3. The van der Waals surface area contributed by atoms with Crippen LogP contribution in [-0.4, -0.2) is 81.8 Å². The summed E-state index contributed by atoms with van der Waals surface area (Å²) < 4.78 is 0. The molecule has 1 amide bonds. The number of piperidine rings is 1. The predicted octanol–water partition coefficient (Wildman–Crippen LogP) is 0.241. The van der Waals surface area contributed by atoms with Gasteiger partial charge in [0.05, 0.1) is 12.6 Å². The van der Waals surface area contributed by atoms with Gasteiger partial charge < -0.3 is 25.7 Å². The number of carbonyl (C=O) groups excluding carboxylic acids is 1. The standard InChI is InChI=1S/C23H28N2O5/c1-24-23(30)19-21(28)22(29)20(27)18(14-26)25(19)13-5-6-15-9-11-17(12-10-15)16-7-3-2-4-8-16/h2-12,18-22,26-29H,13-14H2,1H3,(H,24,30)/b6-5+/t18-,19+,20-,21-,22+/m1/s1. The van der Waals surface area contributed by atoms with Crippen LogP contribution in [0.3, 0.4) is 0 Å². The second-order valence-corrected chi connectivity index (χ2v) is 7.37. The minimum absolute atomic E-state index is 0.199. The number of hydrogen-bond donors (Lipinski definition) is 5. The van der Waals surface area contributed by atoms with E-state index in [2.05, 4.69) is 5.32 Å². The maximum absolute atomic E-state index is 12.3. The Bertz CT molecular complexity index is 856. The number of benzene rings is 2. The Kier molecular flexibility index (Phi) is 7.36. The van der Waals surface area contributed by atoms with Gasteiger partial charge in [0.15, 0.2) is 0 Å². The normalized spacial score (nSPS) is 27.3. The minimum Gasteiger partial charge on any atom is -0.395 e. The summed E-state index contributed by atoms with van der Waals surface area (Å²) in [5, 5.41) is 42.8. The van der Waals surface area contributed by atoms with Crippen molar-refractivity contribution in [2.45, 2.75) is 30.4 Å². The number of nitrogens with zero attached hydrogens (tertiary/aromatic N) is 1. The van der Waals surface area contributed by atoms with Gasteiger partial charge >= 0.3 is 0 Å². The third kappa shape index (κ3) is 4.61. The molecule has 1 heterocycles. The van der Waals surface area contributed by atoms with Crippen molar-refractivity contribution in [2.75, 3.05) is 20.2 Å². The van der Waals surface area contributed by atoms with Gasteiger partial charge in [0.25, 0.3) is 0 Å². The van der Waals surface area contributed by atoms with Crippen molar-refractivity contribution in [3.05, 3.63) is 66.2 Å². The van der Waals surface area contributed by atoms with Gasteiger partial charge in [-0.1, -0.05) is 66.7 Å². The van der Waals surface area contributed by atoms with E-state index in [1.54, 1.807) is 6.08 Å². The van der Waals surface area contributed by atoms with Gasteiger partial charge in [0.2, 0.25) is 5.91 Å². The molecule has 0 aliphatic carbocycles. The largest absolute Gasteiger partial charge is 0.395 e. The number of likely N-dealkylation sites (tertiary alicyclic amines) is 1. The Morgan fingerprint density at radius 3 is 2.20 bits per heavy atom. The van der Waals surface area contributed by atoms with E-state index in [1.807, 2.05) is 60.7 Å². The first-order valence-electron chi connectivity index (χ1n) is 9.92. The van der Waals surface area contributed by atoms with Crippen molar-refractivity contribution in [2.24, 2.45) is 0 Å². The first kappa shape index (κ1) is 22.1. The molecule has 7 heteroatoms. The van der Waals surface area contributed by atoms with Gasteiger partial charge in [-0.15, -0.1) is 0 Å². The van der Waals surface area contributed by atoms with Crippen molar-refractivity contribution in [3.63, 3.8) is 0 Å². The molecular formula is C23H28N2O5. The summed E-state index contributed by atoms with van der Waals surface area (Å²) in [4.78, 5) is 13.8. The summed E-state index contributed by atoms with van der Waals surface area (Å²) in [5.41, 5.74) is 3.18. The van der Waals surface area contributed by atoms with Crippen molar-refractivity contribution in [3.8, 4) is 11.1 Å². The molecule has 1 aliphatic rings. The van der Waals surface area contributed by atoms with Crippen LogP contribution in [0.2, 0.25) is 0 Å². The topological polar surface area (TPSA) is 113 Å². The molecule has 3 rings (SSSR count). The summed E-state index contributed by atoms with van der Waals surface area (Å²) in [5.74, 6) is -0.493. The van der Waals surface area contributed by atoms with Crippen LogP contribution < -0.4 is 5.32 Å². The second kappa shape index (κ2) is 9.97. The fourth-order valence-corrected chi connectivity index (χ4v) is 3.86. The average Bonchev–Trinajstić information content (AvgIpc) is 2.78. The van der Waals surface area contributed by atoms with Gasteiger partial charge in [-0.05, 0) is 16.7 Å². The predicted molar refractivity (Wildman–Crippen MR) is 114 cm³/mol. The summed E-state index contributed by atoms with van der Waals surface area (Å²) in [7, 11) is 1.43. The molecule has 0 aromatic heterocycles. The molecule has 2 aromatic rings. The number of aliphatic hydroxyl groups excluding tert-OH is 4. The molecule has 2 aromatic carbocycles. The van der Waals surface area contributed by atoms with Crippen LogP contribution in [0.1, 0.15) is 5.56 Å². The van der Waals surface area contributed by atoms with Gasteiger partial charge in [0, 0.05) is 13.6 Å². The molecule has 160 valence electrons. The zero-order valence-corrected chi connectivity index (χ0v) is 16.8. The van der Waals surface area contributed by atoms with E-state index < -0.39 is 42.9 Å². The molecule has 1 aliphatic heterocycles. The molecule has 0 saturated carbocycles. The van der Waals surface area contributed by atoms with E-state index in [0.717, 1.165) is 16.7 Å². The molecular weight excluding hydrogens is 384 g/mol. The third-order valence-corrected chi connectivity index (χ3v) is 5.55. The summed E-state index contributed by atoms with van der Waals surface area (Å²) in [6.07, 6.45) is -0.692. The van der Waals surface area contributed by atoms with E-state index in [4.69, 9.17) is 0 Å². The van der Waals surface area contributed by atoms with Crippen molar-refractivity contribution >= 4 is 12.0 Å². The molecule has 0 spiro atoms. The van der Waals surface area contributed by atoms with Crippen LogP contribution in [0, 0.1) is 0 Å². The lowest BCUT2D eigenvalue weighted by Gasteiger charge is -2.47. The Morgan fingerprint density at radius 1 is 0.967 bits per heavy atom. The van der Waals surface area contributed by atoms with Crippen LogP contribution in [0.4, 0.5) is 0 Å². The number of amides is 1. The second-order valence-electron chi connectivity index (χ2n) is 7.37. The molecule has 5 N–H and O–H groups in total. The molecule has 5 atom stereocenters. The van der Waals surface area contributed by atoms with Gasteiger partial charge in [-0.2, -0.15) is 0 Å². The Hall–Kier alpha value is -2.55. The van der Waals surface area contributed by atoms with Crippen LogP contribution in [0.15, 0.2) is 60.7 Å². The SMILES string of the molecule is CNC(=O)[C@@H]1[C@@H](O)[C@@H](O)[C@H](O)[C@@H](CO)N1C/C=C/c1ccc(-c2ccccc2)cc1. The van der Waals surface area contributed by atoms with Gasteiger partial charge in [-0.25, -0.2) is 0 Å². The minimum atomic E-state index is -1.52. The Balaban J connectivity index is 1.75. The van der Waals surface area contributed by atoms with E-state index in [1.165, 1.54) is 11.9 Å². The molecule has 1 saturated heterocycles. The van der Waals surface area contributed by atoms with E-state index >= 15 is 0 Å². The fourth-order valence-electron chi connectivity index (χ4n) is 3.86. The third-order valence-electron chi connectivity index (χ3n) is 5.55. The summed E-state index contributed by atoms with van der Waals surface area (Å²) >= 11 is 0. The Morgan fingerprint density at radius 2 is 1.60 bits per heavy atom. The smallest absolute Gasteiger partial charge is 0.239 e. The van der Waals surface area contributed by atoms with Crippen molar-refractivity contribution < 1.29 is 25.2 Å². The zero-order chi connectivity index (χ0) is 21.7. The number of rotatable bonds is 6. The lowest BCUT2D eigenvalue weighted by molar-refractivity contribution is -0.176. The molecule has 7 nitrogen and oxygen atoms in total. The monoisotopic (exact) mass is 412 g/mol. The zero-order valence-electron chi connectivity index (χ0n) is 16.8. The number of nitrogens with one attached hydrogen (secondary N) is 1. The molecule has 30 heavy (non-hydrogen) atoms. The lowest BCUT2D eigenvalue weighted by Crippen LogP contribution is -2.70. The summed E-state index contributed by atoms with van der Waals surface area (Å²) in [6, 6.07) is 16.0. The van der Waals surface area contributed by atoms with E-state index in [0.29, 0.717) is 0 Å². The highest BCUT2D eigenvalue weighted by atomic mass is 16.4. The van der Waals surface area contributed by atoms with Crippen LogP contribution in [-0.2, 0) is 4.79 Å². The van der Waals surface area contributed by atoms with Crippen LogP contribution in [0.5, 0.6) is 0 Å². The lowest BCUT2D eigenvalue weighted by atomic mass is 9.87. The van der Waals surface area contributed by atoms with Crippen molar-refractivity contribution in [1.82, 2.24) is 10.2 Å². The molecule has 0 radical (unpaired) electrons. The molecule has 0 unspecified atom stereocenters. The number of aliphatic hydroxyl groups is 4. The number of hydrogen-bond acceptors (Lipinski definition) is 6. The first-order valence-corrected chi connectivity index (χ1v) is 9.92. The van der Waals surface area contributed by atoms with Crippen LogP contribution >= 0.6 is 0 Å². The number of likely N-dealkylation sites (N-methyl/N-ethyl adjacent to an activating group) is 1. The van der Waals surface area contributed by atoms with Crippen LogP contribution in [0.25, 0.3) is 17.2 Å². The maximum Gasteiger partial charge on any atom is 0.239 e. The summed E-state index contributed by atoms with van der Waals surface area (Å²) in [6.45, 7) is -0.261. The fraction of sp³-hybridized carbons (Fsp3) is 0.348. The quantitative estimate of drug-likeness (QED) is 0.465. The Labute approximate surface area is 175 Å². The van der Waals surface area contributed by atoms with E-state index in [-0.39, 0.29) is 6.54 Å². The van der Waals surface area contributed by atoms with Gasteiger partial charge in [0.1, 0.15) is 24.4 Å². The molecule has 0 bridgehead atoms. The highest BCUT2D eigenvalue weighted by Gasteiger charge is 2.49.